The summed E-state index contributed by atoms with van der Waals surface area (Å²) < 4.78 is 47.0. The van der Waals surface area contributed by atoms with Gasteiger partial charge in [-0.15, -0.1) is 0 Å². The number of hydrogen-bond donors (Lipinski definition) is 2. The van der Waals surface area contributed by atoms with Gasteiger partial charge >= 0.3 is 0 Å². The van der Waals surface area contributed by atoms with Crippen molar-refractivity contribution in [3.8, 4) is 5.75 Å². The van der Waals surface area contributed by atoms with Crippen molar-refractivity contribution in [3.63, 3.8) is 0 Å². The van der Waals surface area contributed by atoms with Crippen molar-refractivity contribution in [1.29, 1.82) is 0 Å². The lowest BCUT2D eigenvalue weighted by Gasteiger charge is -2.29. The molecule has 0 saturated carbocycles. The highest BCUT2D eigenvalue weighted by Crippen LogP contribution is 2.29. The summed E-state index contributed by atoms with van der Waals surface area (Å²) in [5.41, 5.74) is 7.54. The predicted octanol–water partition coefficient (Wildman–Crippen LogP) is 2.74. The number of nitrogens with zero attached hydrogens (tertiary/aromatic N) is 2. The normalized spacial score (nSPS) is 15.9. The molecule has 3 aromatic rings. The Bertz CT molecular complexity index is 1470. The van der Waals surface area contributed by atoms with E-state index in [2.05, 4.69) is 5.32 Å². The lowest BCUT2D eigenvalue weighted by atomic mass is 10.1. The zero-order valence-electron chi connectivity index (χ0n) is 20.4. The van der Waals surface area contributed by atoms with Gasteiger partial charge in [-0.05, 0) is 47.5 Å². The van der Waals surface area contributed by atoms with E-state index >= 15 is 0 Å². The number of nitrogens with one attached hydrogen (secondary N) is 1. The summed E-state index contributed by atoms with van der Waals surface area (Å²) in [5, 5.41) is 2.36. The van der Waals surface area contributed by atoms with Crippen LogP contribution in [-0.4, -0.2) is 55.8 Å². The second-order valence-corrected chi connectivity index (χ2v) is 10.8. The molecule has 1 aliphatic rings. The van der Waals surface area contributed by atoms with Gasteiger partial charge in [0.05, 0.1) is 17.0 Å². The third-order valence-electron chi connectivity index (χ3n) is 6.13. The van der Waals surface area contributed by atoms with Crippen LogP contribution in [0.2, 0.25) is 5.02 Å². The van der Waals surface area contributed by atoms with Gasteiger partial charge in [0, 0.05) is 31.7 Å². The van der Waals surface area contributed by atoms with E-state index in [1.165, 1.54) is 18.1 Å². The Hall–Kier alpha value is -3.51. The highest BCUT2D eigenvalue weighted by molar-refractivity contribution is 7.89. The Morgan fingerprint density at radius 1 is 1.08 bits per heavy atom. The number of carbonyl (C=O) groups excluding carboxylic acids is 2. The number of benzene rings is 3. The van der Waals surface area contributed by atoms with Gasteiger partial charge in [0.2, 0.25) is 10.0 Å². The molecule has 0 aromatic heterocycles. The molecule has 1 unspecified atom stereocenters. The van der Waals surface area contributed by atoms with Crippen LogP contribution >= 0.6 is 11.6 Å². The van der Waals surface area contributed by atoms with Crippen LogP contribution in [0.1, 0.15) is 21.5 Å². The smallest absolute Gasteiger partial charge is 0.259 e. The molecule has 0 aliphatic carbocycles. The van der Waals surface area contributed by atoms with Crippen LogP contribution in [0.4, 0.5) is 4.39 Å². The van der Waals surface area contributed by atoms with E-state index in [0.717, 1.165) is 33.6 Å². The highest BCUT2D eigenvalue weighted by Gasteiger charge is 2.46. The average molecular weight is 561 g/mol. The molecular weight excluding hydrogens is 535 g/mol. The zero-order chi connectivity index (χ0) is 27.4. The van der Waals surface area contributed by atoms with Crippen molar-refractivity contribution in [2.24, 2.45) is 5.73 Å². The third kappa shape index (κ3) is 5.65. The number of rotatable bonds is 8. The van der Waals surface area contributed by atoms with Gasteiger partial charge in [-0.3, -0.25) is 9.59 Å². The Morgan fingerprint density at radius 3 is 2.53 bits per heavy atom. The summed E-state index contributed by atoms with van der Waals surface area (Å²) in [6.07, 6.45) is -1.50. The average Bonchev–Trinajstić information content (AvgIpc) is 3.39. The molecule has 0 radical (unpaired) electrons. The van der Waals surface area contributed by atoms with E-state index in [1.807, 2.05) is 12.1 Å². The minimum absolute atomic E-state index is 0.0506. The van der Waals surface area contributed by atoms with E-state index in [-0.39, 0.29) is 35.1 Å². The zero-order valence-corrected chi connectivity index (χ0v) is 22.0. The van der Waals surface area contributed by atoms with E-state index in [1.54, 1.807) is 30.3 Å². The minimum Gasteiger partial charge on any atom is -0.497 e. The van der Waals surface area contributed by atoms with Crippen molar-refractivity contribution in [3.05, 3.63) is 94.3 Å². The molecule has 0 spiro atoms. The van der Waals surface area contributed by atoms with Crippen LogP contribution < -0.4 is 15.8 Å². The second kappa shape index (κ2) is 11.5. The summed E-state index contributed by atoms with van der Waals surface area (Å²) in [6, 6.07) is 16.6. The van der Waals surface area contributed by atoms with Crippen molar-refractivity contribution in [1.82, 2.24) is 14.5 Å². The van der Waals surface area contributed by atoms with E-state index < -0.39 is 33.8 Å². The first-order chi connectivity index (χ1) is 18.1. The fraction of sp³-hybridized carbons (Fsp3) is 0.231. The topological polar surface area (TPSA) is 122 Å². The highest BCUT2D eigenvalue weighted by atomic mass is 35.5. The molecule has 9 nitrogen and oxygen atoms in total. The lowest BCUT2D eigenvalue weighted by molar-refractivity contribution is -0.127. The Morgan fingerprint density at radius 2 is 1.82 bits per heavy atom. The van der Waals surface area contributed by atoms with Crippen molar-refractivity contribution >= 4 is 33.4 Å². The number of amides is 2. The molecule has 1 aliphatic heterocycles. The molecule has 1 heterocycles. The molecule has 1 atom stereocenters. The maximum atomic E-state index is 13.7. The molecule has 38 heavy (non-hydrogen) atoms. The third-order valence-corrected chi connectivity index (χ3v) is 8.27. The minimum atomic E-state index is -4.34. The van der Waals surface area contributed by atoms with Gasteiger partial charge in [-0.25, -0.2) is 12.8 Å². The van der Waals surface area contributed by atoms with Gasteiger partial charge in [0.15, 0.2) is 6.17 Å². The fourth-order valence-corrected chi connectivity index (χ4v) is 6.00. The molecule has 200 valence electrons. The van der Waals surface area contributed by atoms with Crippen molar-refractivity contribution in [2.75, 3.05) is 20.2 Å². The summed E-state index contributed by atoms with van der Waals surface area (Å²) in [6.45, 7) is 0.193. The number of hydrogen-bond acceptors (Lipinski definition) is 6. The standard InChI is InChI=1S/C26H26ClFN4O5S/c1-37-20-7-3-6-19(13-20)26(34)31-10-11-32(38(35,36)21-8-9-23(28)22(27)14-21)25(31)24(33)30-16-18-5-2-4-17(12-18)15-29/h2-9,12-14,25H,10-11,15-16,29H2,1H3,(H,30,33). The van der Waals surface area contributed by atoms with Crippen LogP contribution in [0.25, 0.3) is 0 Å². The van der Waals surface area contributed by atoms with Crippen LogP contribution in [0.15, 0.2) is 71.6 Å². The fourth-order valence-electron chi connectivity index (χ4n) is 4.18. The van der Waals surface area contributed by atoms with Crippen LogP contribution in [0.3, 0.4) is 0 Å². The Balaban J connectivity index is 1.68. The number of methoxy groups -OCH3 is 1. The van der Waals surface area contributed by atoms with Gasteiger partial charge in [-0.2, -0.15) is 4.31 Å². The summed E-state index contributed by atoms with van der Waals surface area (Å²) in [4.78, 5) is 27.9. The van der Waals surface area contributed by atoms with Gasteiger partial charge in [0.25, 0.3) is 11.8 Å². The molecule has 4 rings (SSSR count). The van der Waals surface area contributed by atoms with E-state index in [0.29, 0.717) is 12.3 Å². The monoisotopic (exact) mass is 560 g/mol. The first-order valence-electron chi connectivity index (χ1n) is 11.6. The molecule has 1 saturated heterocycles. The van der Waals surface area contributed by atoms with Crippen molar-refractivity contribution in [2.45, 2.75) is 24.2 Å². The largest absolute Gasteiger partial charge is 0.497 e. The maximum Gasteiger partial charge on any atom is 0.259 e. The Labute approximate surface area is 225 Å². The number of ether oxygens (including phenoxy) is 1. The molecular formula is C26H26ClFN4O5S. The summed E-state index contributed by atoms with van der Waals surface area (Å²) >= 11 is 5.83. The molecule has 3 N–H and O–H groups in total. The van der Waals surface area contributed by atoms with Crippen LogP contribution in [-0.2, 0) is 27.9 Å². The first-order valence-corrected chi connectivity index (χ1v) is 13.4. The first kappa shape index (κ1) is 27.5. The maximum absolute atomic E-state index is 13.7. The number of carbonyl (C=O) groups is 2. The molecule has 2 amide bonds. The Kier molecular flexibility index (Phi) is 8.32. The second-order valence-electron chi connectivity index (χ2n) is 8.54. The summed E-state index contributed by atoms with van der Waals surface area (Å²) in [7, 11) is -2.89. The lowest BCUT2D eigenvalue weighted by Crippen LogP contribution is -2.53. The van der Waals surface area contributed by atoms with Crippen LogP contribution in [0.5, 0.6) is 5.75 Å². The van der Waals surface area contributed by atoms with Gasteiger partial charge in [-0.1, -0.05) is 41.9 Å². The van der Waals surface area contributed by atoms with Gasteiger partial charge < -0.3 is 20.7 Å². The number of halogens is 2. The van der Waals surface area contributed by atoms with E-state index in [4.69, 9.17) is 22.1 Å². The molecule has 0 bridgehead atoms. The van der Waals surface area contributed by atoms with Gasteiger partial charge in [0.1, 0.15) is 11.6 Å². The quantitative estimate of drug-likeness (QED) is 0.437. The van der Waals surface area contributed by atoms with E-state index in [9.17, 15) is 22.4 Å². The van der Waals surface area contributed by atoms with Crippen molar-refractivity contribution < 1.29 is 27.1 Å². The number of sulfonamides is 1. The molecule has 1 fully saturated rings. The molecule has 12 heteroatoms. The molecule has 3 aromatic carbocycles. The summed E-state index contributed by atoms with van der Waals surface area (Å²) in [5.74, 6) is -1.60. The predicted molar refractivity (Wildman–Crippen MR) is 139 cm³/mol. The number of nitrogens with two attached hydrogens (primary N) is 1. The van der Waals surface area contributed by atoms with Crippen LogP contribution in [0, 0.1) is 5.82 Å². The SMILES string of the molecule is COc1cccc(C(=O)N2CCN(S(=O)(=O)c3ccc(F)c(Cl)c3)C2C(=O)NCc2cccc(CN)c2)c1.